The molecule has 0 amide bonds. The average molecular weight is 402 g/mol. The van der Waals surface area contributed by atoms with E-state index in [1.165, 1.54) is 50.0 Å². The Bertz CT molecular complexity index is 1390. The lowest BCUT2D eigenvalue weighted by Crippen LogP contribution is -2.35. The van der Waals surface area contributed by atoms with Gasteiger partial charge in [-0.1, -0.05) is 54.6 Å². The van der Waals surface area contributed by atoms with E-state index in [2.05, 4.69) is 109 Å². The minimum Gasteiger partial charge on any atom is -0.264 e. The first kappa shape index (κ1) is 19.2. The molecular weight excluding hydrogens is 376 g/mol. The van der Waals surface area contributed by atoms with Crippen molar-refractivity contribution in [1.29, 1.82) is 0 Å². The van der Waals surface area contributed by atoms with Crippen LogP contribution in [-0.4, -0.2) is 4.98 Å². The van der Waals surface area contributed by atoms with Crippen LogP contribution in [0.3, 0.4) is 0 Å². The number of aromatic nitrogens is 2. The fourth-order valence-corrected chi connectivity index (χ4v) is 4.30. The number of pyridine rings is 2. The number of nitrogens with zero attached hydrogens (tertiary/aromatic N) is 2. The highest BCUT2D eigenvalue weighted by Gasteiger charge is 2.20. The molecule has 0 saturated heterocycles. The van der Waals surface area contributed by atoms with Gasteiger partial charge in [0, 0.05) is 30.9 Å². The molecule has 2 heterocycles. The van der Waals surface area contributed by atoms with Crippen molar-refractivity contribution in [3.05, 3.63) is 109 Å². The van der Waals surface area contributed by atoms with Crippen LogP contribution in [0.25, 0.3) is 44.3 Å². The van der Waals surface area contributed by atoms with Gasteiger partial charge in [0.2, 0.25) is 5.69 Å². The Kier molecular flexibility index (Phi) is 4.83. The number of rotatable bonds is 3. The molecule has 0 N–H and O–H groups in total. The van der Waals surface area contributed by atoms with Crippen molar-refractivity contribution in [3.8, 4) is 33.5 Å². The highest BCUT2D eigenvalue weighted by molar-refractivity contribution is 5.96. The molecule has 0 saturated carbocycles. The van der Waals surface area contributed by atoms with Crippen LogP contribution in [-0.2, 0) is 7.05 Å². The lowest BCUT2D eigenvalue weighted by atomic mass is 9.93. The van der Waals surface area contributed by atoms with Gasteiger partial charge in [0.25, 0.3) is 0 Å². The van der Waals surface area contributed by atoms with Crippen LogP contribution in [0, 0.1) is 13.8 Å². The van der Waals surface area contributed by atoms with Crippen LogP contribution in [0.1, 0.15) is 11.3 Å². The Morgan fingerprint density at radius 3 is 2.19 bits per heavy atom. The fourth-order valence-electron chi connectivity index (χ4n) is 4.30. The third-order valence-electron chi connectivity index (χ3n) is 6.13. The van der Waals surface area contributed by atoms with Crippen molar-refractivity contribution < 1.29 is 4.57 Å². The molecule has 0 atom stereocenters. The monoisotopic (exact) mass is 401 g/mol. The molecular formula is C29H25N2+. The van der Waals surface area contributed by atoms with Crippen molar-refractivity contribution in [1.82, 2.24) is 4.98 Å². The molecule has 5 rings (SSSR count). The normalized spacial score (nSPS) is 11.1. The van der Waals surface area contributed by atoms with Gasteiger partial charge in [0.1, 0.15) is 7.05 Å². The summed E-state index contributed by atoms with van der Waals surface area (Å²) >= 11 is 0. The summed E-state index contributed by atoms with van der Waals surface area (Å²) in [6.07, 6.45) is 3.74. The van der Waals surface area contributed by atoms with Crippen LogP contribution in [0.2, 0.25) is 0 Å². The summed E-state index contributed by atoms with van der Waals surface area (Å²) in [6, 6.07) is 30.5. The molecule has 0 unspecified atom stereocenters. The molecule has 0 aliphatic carbocycles. The number of hydrogen-bond acceptors (Lipinski definition) is 1. The van der Waals surface area contributed by atoms with Crippen LogP contribution in [0.15, 0.2) is 97.3 Å². The SMILES string of the molecule is Cc1ccc(-c2ccccc2)cc1-c1c2ccc(-c3cccnc3)cc2cc(C)[n+]1C. The van der Waals surface area contributed by atoms with E-state index in [-0.39, 0.29) is 0 Å². The van der Waals surface area contributed by atoms with Crippen LogP contribution in [0.5, 0.6) is 0 Å². The molecule has 2 heteroatoms. The summed E-state index contributed by atoms with van der Waals surface area (Å²) < 4.78 is 2.31. The Hall–Kier alpha value is -3.78. The Balaban J connectivity index is 1.74. The zero-order valence-corrected chi connectivity index (χ0v) is 18.1. The molecule has 0 aliphatic heterocycles. The molecule has 0 bridgehead atoms. The highest BCUT2D eigenvalue weighted by atomic mass is 14.9. The summed E-state index contributed by atoms with van der Waals surface area (Å²) in [6.45, 7) is 4.37. The van der Waals surface area contributed by atoms with E-state index in [1.807, 2.05) is 18.5 Å². The van der Waals surface area contributed by atoms with Gasteiger partial charge in [-0.15, -0.1) is 0 Å². The second-order valence-corrected chi connectivity index (χ2v) is 8.13. The fraction of sp³-hybridized carbons (Fsp3) is 0.103. The van der Waals surface area contributed by atoms with Crippen molar-refractivity contribution in [3.63, 3.8) is 0 Å². The minimum atomic E-state index is 1.14. The topological polar surface area (TPSA) is 16.8 Å². The van der Waals surface area contributed by atoms with E-state index in [1.54, 1.807) is 0 Å². The minimum absolute atomic E-state index is 1.14. The summed E-state index contributed by atoms with van der Waals surface area (Å²) in [5, 5.41) is 2.51. The molecule has 5 aromatic rings. The first-order valence-electron chi connectivity index (χ1n) is 10.6. The second kappa shape index (κ2) is 7.81. The summed E-state index contributed by atoms with van der Waals surface area (Å²) in [7, 11) is 2.16. The maximum absolute atomic E-state index is 4.28. The van der Waals surface area contributed by atoms with Gasteiger partial charge in [-0.2, -0.15) is 4.57 Å². The van der Waals surface area contributed by atoms with Gasteiger partial charge in [-0.25, -0.2) is 0 Å². The lowest BCUT2D eigenvalue weighted by molar-refractivity contribution is -0.665. The summed E-state index contributed by atoms with van der Waals surface area (Å²) in [5.74, 6) is 0. The summed E-state index contributed by atoms with van der Waals surface area (Å²) in [5.41, 5.74) is 9.84. The standard InChI is InChI=1S/C29H25N2/c1-20-11-12-24(22-8-5-4-6-9-22)18-28(20)29-27-14-13-23(25-10-7-15-30-19-25)17-26(27)16-21(2)31(29)3/h4-19H,1-3H3/q+1. The Morgan fingerprint density at radius 1 is 0.677 bits per heavy atom. The Labute approximate surface area is 183 Å². The van der Waals surface area contributed by atoms with E-state index in [0.29, 0.717) is 0 Å². The molecule has 2 nitrogen and oxygen atoms in total. The van der Waals surface area contributed by atoms with Crippen LogP contribution < -0.4 is 4.57 Å². The largest absolute Gasteiger partial charge is 0.264 e. The first-order valence-corrected chi connectivity index (χ1v) is 10.6. The molecule has 3 aromatic carbocycles. The zero-order valence-electron chi connectivity index (χ0n) is 18.1. The van der Waals surface area contributed by atoms with Crippen molar-refractivity contribution >= 4 is 10.8 Å². The number of aryl methyl sites for hydroxylation is 2. The van der Waals surface area contributed by atoms with Crippen molar-refractivity contribution in [2.75, 3.05) is 0 Å². The molecule has 150 valence electrons. The van der Waals surface area contributed by atoms with E-state index < -0.39 is 0 Å². The van der Waals surface area contributed by atoms with Gasteiger partial charge in [-0.3, -0.25) is 4.98 Å². The molecule has 2 aromatic heterocycles. The van der Waals surface area contributed by atoms with Crippen LogP contribution in [0.4, 0.5) is 0 Å². The molecule has 31 heavy (non-hydrogen) atoms. The van der Waals surface area contributed by atoms with E-state index in [0.717, 1.165) is 5.56 Å². The maximum Gasteiger partial charge on any atom is 0.220 e. The number of benzene rings is 3. The molecule has 0 radical (unpaired) electrons. The molecule has 0 spiro atoms. The van der Waals surface area contributed by atoms with Crippen molar-refractivity contribution in [2.45, 2.75) is 13.8 Å². The predicted molar refractivity (Wildman–Crippen MR) is 129 cm³/mol. The Morgan fingerprint density at radius 2 is 1.42 bits per heavy atom. The van der Waals surface area contributed by atoms with Gasteiger partial charge >= 0.3 is 0 Å². The third kappa shape index (κ3) is 3.51. The van der Waals surface area contributed by atoms with Gasteiger partial charge in [0.05, 0.1) is 10.9 Å². The van der Waals surface area contributed by atoms with E-state index in [9.17, 15) is 0 Å². The molecule has 0 fully saturated rings. The lowest BCUT2D eigenvalue weighted by Gasteiger charge is -2.13. The number of hydrogen-bond donors (Lipinski definition) is 0. The average Bonchev–Trinajstić information content (AvgIpc) is 2.81. The van der Waals surface area contributed by atoms with Crippen LogP contribution >= 0.6 is 0 Å². The van der Waals surface area contributed by atoms with Crippen molar-refractivity contribution in [2.24, 2.45) is 7.05 Å². The maximum atomic E-state index is 4.28. The zero-order chi connectivity index (χ0) is 21.4. The third-order valence-corrected chi connectivity index (χ3v) is 6.13. The van der Waals surface area contributed by atoms with Gasteiger partial charge in [-0.05, 0) is 58.8 Å². The van der Waals surface area contributed by atoms with Gasteiger partial charge < -0.3 is 0 Å². The number of fused-ring (bicyclic) bond motifs is 1. The van der Waals surface area contributed by atoms with Gasteiger partial charge in [0.15, 0.2) is 5.69 Å². The smallest absolute Gasteiger partial charge is 0.220 e. The highest BCUT2D eigenvalue weighted by Crippen LogP contribution is 2.34. The van der Waals surface area contributed by atoms with E-state index >= 15 is 0 Å². The summed E-state index contributed by atoms with van der Waals surface area (Å²) in [4.78, 5) is 4.28. The first-order chi connectivity index (χ1) is 15.1. The molecule has 0 aliphatic rings. The quantitative estimate of drug-likeness (QED) is 0.308. The van der Waals surface area contributed by atoms with E-state index in [4.69, 9.17) is 0 Å². The predicted octanol–water partition coefficient (Wildman–Crippen LogP) is 6.68. The second-order valence-electron chi connectivity index (χ2n) is 8.13.